The Morgan fingerprint density at radius 2 is 0.854 bits per heavy atom. The molecule has 1 nitrogen and oxygen atoms in total. The second-order valence-corrected chi connectivity index (χ2v) is 10.6. The number of anilines is 3. The fraction of sp³-hybridized carbons (Fsp3) is 0. The number of benzene rings is 8. The predicted octanol–water partition coefficient (Wildman–Crippen LogP) is 11.4. The first kappa shape index (κ1) is 23.5. The highest BCUT2D eigenvalue weighted by atomic mass is 15.1. The Labute approximate surface area is 239 Å². The highest BCUT2D eigenvalue weighted by Crippen LogP contribution is 2.42. The Bertz CT molecular complexity index is 2210. The topological polar surface area (TPSA) is 3.24 Å². The van der Waals surface area contributed by atoms with Crippen molar-refractivity contribution in [2.24, 2.45) is 0 Å². The third-order valence-electron chi connectivity index (χ3n) is 8.20. The van der Waals surface area contributed by atoms with E-state index in [1.807, 2.05) is 0 Å². The Balaban J connectivity index is 1.36. The third-order valence-corrected chi connectivity index (χ3v) is 8.20. The Morgan fingerprint density at radius 1 is 0.293 bits per heavy atom. The molecule has 0 unspecified atom stereocenters. The second-order valence-electron chi connectivity index (χ2n) is 10.6. The molecule has 8 aromatic rings. The molecule has 41 heavy (non-hydrogen) atoms. The average molecular weight is 522 g/mol. The van der Waals surface area contributed by atoms with Gasteiger partial charge in [-0.3, -0.25) is 0 Å². The lowest BCUT2D eigenvalue weighted by atomic mass is 9.96. The maximum absolute atomic E-state index is 2.40. The van der Waals surface area contributed by atoms with Gasteiger partial charge in [-0.25, -0.2) is 0 Å². The number of fused-ring (bicyclic) bond motifs is 6. The first-order chi connectivity index (χ1) is 20.3. The van der Waals surface area contributed by atoms with Crippen molar-refractivity contribution in [1.29, 1.82) is 0 Å². The molecule has 0 aliphatic carbocycles. The fourth-order valence-corrected chi connectivity index (χ4v) is 6.24. The van der Waals surface area contributed by atoms with E-state index in [2.05, 4.69) is 169 Å². The van der Waals surface area contributed by atoms with Gasteiger partial charge < -0.3 is 4.90 Å². The van der Waals surface area contributed by atoms with Crippen molar-refractivity contribution in [3.8, 4) is 11.1 Å². The molecule has 8 rings (SSSR count). The molecule has 0 saturated carbocycles. The highest BCUT2D eigenvalue weighted by Gasteiger charge is 2.17. The first-order valence-electron chi connectivity index (χ1n) is 14.1. The number of nitrogens with zero attached hydrogens (tertiary/aromatic N) is 1. The van der Waals surface area contributed by atoms with Crippen LogP contribution in [0, 0.1) is 0 Å². The lowest BCUT2D eigenvalue weighted by Crippen LogP contribution is -2.10. The van der Waals surface area contributed by atoms with E-state index in [9.17, 15) is 0 Å². The molecular weight excluding hydrogens is 494 g/mol. The van der Waals surface area contributed by atoms with E-state index >= 15 is 0 Å². The molecule has 0 fully saturated rings. The molecule has 0 aromatic heterocycles. The minimum Gasteiger partial charge on any atom is -0.310 e. The summed E-state index contributed by atoms with van der Waals surface area (Å²) in [5.74, 6) is 0. The van der Waals surface area contributed by atoms with Crippen molar-refractivity contribution in [2.45, 2.75) is 0 Å². The van der Waals surface area contributed by atoms with Gasteiger partial charge in [0, 0.05) is 16.8 Å². The Kier molecular flexibility index (Phi) is 5.53. The van der Waals surface area contributed by atoms with Crippen molar-refractivity contribution in [2.75, 3.05) is 4.90 Å². The summed E-state index contributed by atoms with van der Waals surface area (Å²) in [5.41, 5.74) is 5.85. The summed E-state index contributed by atoms with van der Waals surface area (Å²) in [6.45, 7) is 0. The van der Waals surface area contributed by atoms with Crippen molar-refractivity contribution in [1.82, 2.24) is 0 Å². The van der Waals surface area contributed by atoms with E-state index in [-0.39, 0.29) is 0 Å². The van der Waals surface area contributed by atoms with E-state index in [4.69, 9.17) is 0 Å². The molecule has 1 heteroatoms. The van der Waals surface area contributed by atoms with Gasteiger partial charge in [0.15, 0.2) is 0 Å². The van der Waals surface area contributed by atoms with Crippen LogP contribution in [0.3, 0.4) is 0 Å². The standard InChI is InChI=1S/C40H27N/c1-2-10-28(11-3-1)31-15-8-16-33(26-31)41(40-19-9-14-29-12-5-7-18-37(29)40)34-22-25-36-32(27-34)21-24-38-35-17-6-4-13-30(35)20-23-39(36)38/h1-27H. The van der Waals surface area contributed by atoms with Crippen LogP contribution in [0.15, 0.2) is 164 Å². The molecule has 0 aliphatic heterocycles. The summed E-state index contributed by atoms with van der Waals surface area (Å²) in [4.78, 5) is 2.40. The van der Waals surface area contributed by atoms with Crippen LogP contribution in [-0.2, 0) is 0 Å². The molecule has 0 aliphatic rings. The van der Waals surface area contributed by atoms with Gasteiger partial charge in [0.25, 0.3) is 0 Å². The Hall–Kier alpha value is -5.40. The van der Waals surface area contributed by atoms with Crippen LogP contribution in [0.1, 0.15) is 0 Å². The van der Waals surface area contributed by atoms with E-state index in [1.54, 1.807) is 0 Å². The van der Waals surface area contributed by atoms with E-state index in [0.29, 0.717) is 0 Å². The molecule has 192 valence electrons. The minimum atomic E-state index is 1.13. The summed E-state index contributed by atoms with van der Waals surface area (Å²) in [6, 6.07) is 59.3. The summed E-state index contributed by atoms with van der Waals surface area (Å²) in [7, 11) is 0. The van der Waals surface area contributed by atoms with Gasteiger partial charge in [0.05, 0.1) is 5.69 Å². The predicted molar refractivity (Wildman–Crippen MR) is 177 cm³/mol. The van der Waals surface area contributed by atoms with Gasteiger partial charge in [-0.05, 0) is 79.2 Å². The molecule has 8 aromatic carbocycles. The fourth-order valence-electron chi connectivity index (χ4n) is 6.24. The summed E-state index contributed by atoms with van der Waals surface area (Å²) in [5, 5.41) is 10.1. The average Bonchev–Trinajstić information content (AvgIpc) is 3.05. The van der Waals surface area contributed by atoms with Gasteiger partial charge >= 0.3 is 0 Å². The van der Waals surface area contributed by atoms with Crippen LogP contribution in [0.4, 0.5) is 17.1 Å². The summed E-state index contributed by atoms with van der Waals surface area (Å²) >= 11 is 0. The number of hydrogen-bond donors (Lipinski definition) is 0. The normalized spacial score (nSPS) is 11.4. The van der Waals surface area contributed by atoms with Crippen molar-refractivity contribution >= 4 is 60.2 Å². The molecule has 0 saturated heterocycles. The molecule has 0 radical (unpaired) electrons. The van der Waals surface area contributed by atoms with Crippen LogP contribution in [0.2, 0.25) is 0 Å². The van der Waals surface area contributed by atoms with Crippen LogP contribution >= 0.6 is 0 Å². The summed E-state index contributed by atoms with van der Waals surface area (Å²) < 4.78 is 0. The number of rotatable bonds is 4. The number of hydrogen-bond acceptors (Lipinski definition) is 1. The van der Waals surface area contributed by atoms with Crippen LogP contribution in [0.5, 0.6) is 0 Å². The van der Waals surface area contributed by atoms with E-state index < -0.39 is 0 Å². The lowest BCUT2D eigenvalue weighted by molar-refractivity contribution is 1.30. The second kappa shape index (κ2) is 9.66. The largest absolute Gasteiger partial charge is 0.310 e. The molecule has 0 amide bonds. The molecule has 0 bridgehead atoms. The molecular formula is C40H27N. The summed E-state index contributed by atoms with van der Waals surface area (Å²) in [6.07, 6.45) is 0. The van der Waals surface area contributed by atoms with Crippen molar-refractivity contribution in [3.63, 3.8) is 0 Å². The molecule has 0 atom stereocenters. The van der Waals surface area contributed by atoms with Crippen molar-refractivity contribution < 1.29 is 0 Å². The maximum atomic E-state index is 2.40. The quantitative estimate of drug-likeness (QED) is 0.208. The Morgan fingerprint density at radius 3 is 1.68 bits per heavy atom. The van der Waals surface area contributed by atoms with Gasteiger partial charge in [0.1, 0.15) is 0 Å². The molecule has 0 N–H and O–H groups in total. The highest BCUT2D eigenvalue weighted by molar-refractivity contribution is 6.17. The van der Waals surface area contributed by atoms with E-state index in [0.717, 1.165) is 11.4 Å². The molecule has 0 heterocycles. The first-order valence-corrected chi connectivity index (χ1v) is 14.1. The van der Waals surface area contributed by atoms with Gasteiger partial charge in [0.2, 0.25) is 0 Å². The minimum absolute atomic E-state index is 1.13. The van der Waals surface area contributed by atoms with Crippen LogP contribution in [-0.4, -0.2) is 0 Å². The smallest absolute Gasteiger partial charge is 0.0540 e. The molecule has 0 spiro atoms. The zero-order chi connectivity index (χ0) is 27.2. The van der Waals surface area contributed by atoms with Gasteiger partial charge in [-0.1, -0.05) is 133 Å². The zero-order valence-electron chi connectivity index (χ0n) is 22.5. The van der Waals surface area contributed by atoms with Gasteiger partial charge in [-0.15, -0.1) is 0 Å². The van der Waals surface area contributed by atoms with Crippen molar-refractivity contribution in [3.05, 3.63) is 164 Å². The van der Waals surface area contributed by atoms with Gasteiger partial charge in [-0.2, -0.15) is 0 Å². The monoisotopic (exact) mass is 521 g/mol. The maximum Gasteiger partial charge on any atom is 0.0540 e. The SMILES string of the molecule is c1ccc(-c2cccc(N(c3ccc4c(ccc5c6ccccc6ccc45)c3)c3cccc4ccccc34)c2)cc1. The van der Waals surface area contributed by atoms with E-state index in [1.165, 1.54) is 59.9 Å². The van der Waals surface area contributed by atoms with Crippen LogP contribution in [0.25, 0.3) is 54.2 Å². The zero-order valence-corrected chi connectivity index (χ0v) is 22.5. The third kappa shape index (κ3) is 4.02. The van der Waals surface area contributed by atoms with Crippen LogP contribution < -0.4 is 4.90 Å². The lowest BCUT2D eigenvalue weighted by Gasteiger charge is -2.28.